The molecule has 9 heteroatoms. The monoisotopic (exact) mass is 418 g/mol. The van der Waals surface area contributed by atoms with Crippen LogP contribution in [0.25, 0.3) is 0 Å². The van der Waals surface area contributed by atoms with Gasteiger partial charge in [-0.3, -0.25) is 4.72 Å². The van der Waals surface area contributed by atoms with Gasteiger partial charge in [0, 0.05) is 4.47 Å². The van der Waals surface area contributed by atoms with Crippen LogP contribution in [-0.2, 0) is 16.2 Å². The molecule has 1 N–H and O–H groups in total. The van der Waals surface area contributed by atoms with E-state index >= 15 is 0 Å². The molecule has 2 aromatic rings. The molecule has 0 saturated carbocycles. The summed E-state index contributed by atoms with van der Waals surface area (Å²) in [4.78, 5) is -0.0853. The highest BCUT2D eigenvalue weighted by Crippen LogP contribution is 2.37. The van der Waals surface area contributed by atoms with Gasteiger partial charge in [-0.25, -0.2) is 8.42 Å². The minimum Gasteiger partial charge on any atom is -0.278 e. The first-order chi connectivity index (χ1) is 11.0. The summed E-state index contributed by atoms with van der Waals surface area (Å²) in [5.74, 6) is 0. The van der Waals surface area contributed by atoms with E-state index in [0.29, 0.717) is 6.07 Å². The van der Waals surface area contributed by atoms with E-state index in [0.717, 1.165) is 11.6 Å². The van der Waals surface area contributed by atoms with Crippen molar-refractivity contribution in [3.05, 3.63) is 57.6 Å². The molecule has 0 spiro atoms. The van der Waals surface area contributed by atoms with E-state index in [1.54, 1.807) is 19.1 Å². The van der Waals surface area contributed by atoms with Crippen molar-refractivity contribution in [3.8, 4) is 6.07 Å². The number of anilines is 1. The van der Waals surface area contributed by atoms with Gasteiger partial charge in [-0.2, -0.15) is 18.4 Å². The molecule has 2 aromatic carbocycles. The van der Waals surface area contributed by atoms with Crippen LogP contribution >= 0.6 is 15.9 Å². The van der Waals surface area contributed by atoms with Crippen molar-refractivity contribution in [3.63, 3.8) is 0 Å². The molecular formula is C15H10BrF3N2O2S. The van der Waals surface area contributed by atoms with Gasteiger partial charge in [-0.05, 0) is 47.1 Å². The second-order valence-electron chi connectivity index (χ2n) is 4.91. The Labute approximate surface area is 145 Å². The number of alkyl halides is 3. The normalized spacial score (nSPS) is 11.8. The van der Waals surface area contributed by atoms with Crippen molar-refractivity contribution < 1.29 is 21.6 Å². The molecule has 0 aliphatic rings. The van der Waals surface area contributed by atoms with E-state index in [1.165, 1.54) is 18.2 Å². The molecule has 126 valence electrons. The van der Waals surface area contributed by atoms with Crippen molar-refractivity contribution >= 4 is 31.6 Å². The summed E-state index contributed by atoms with van der Waals surface area (Å²) < 4.78 is 65.7. The number of hydrogen-bond donors (Lipinski definition) is 1. The number of halogens is 4. The third kappa shape index (κ3) is 3.88. The third-order valence-electron chi connectivity index (χ3n) is 3.11. The fourth-order valence-corrected chi connectivity index (χ4v) is 3.54. The van der Waals surface area contributed by atoms with Gasteiger partial charge in [0.05, 0.1) is 27.8 Å². The van der Waals surface area contributed by atoms with Crippen LogP contribution in [0.4, 0.5) is 18.9 Å². The molecule has 0 aromatic heterocycles. The SMILES string of the molecule is Cc1ccc(S(=O)(=O)Nc2cc(C(F)(F)F)c(C#N)cc2Br)cc1. The zero-order valence-electron chi connectivity index (χ0n) is 12.1. The van der Waals surface area contributed by atoms with Gasteiger partial charge in [-0.1, -0.05) is 17.7 Å². The highest BCUT2D eigenvalue weighted by atomic mass is 79.9. The van der Waals surface area contributed by atoms with Crippen LogP contribution in [0.2, 0.25) is 0 Å². The number of aryl methyl sites for hydroxylation is 1. The molecule has 0 heterocycles. The van der Waals surface area contributed by atoms with Crippen LogP contribution < -0.4 is 4.72 Å². The summed E-state index contributed by atoms with van der Waals surface area (Å²) in [5.41, 5.74) is -1.28. The lowest BCUT2D eigenvalue weighted by atomic mass is 10.1. The first-order valence-electron chi connectivity index (χ1n) is 6.45. The zero-order chi connectivity index (χ0) is 18.1. The maximum absolute atomic E-state index is 13.0. The molecule has 0 aliphatic heterocycles. The average molecular weight is 419 g/mol. The molecule has 0 saturated heterocycles. The number of benzene rings is 2. The van der Waals surface area contributed by atoms with Gasteiger partial charge >= 0.3 is 6.18 Å². The quantitative estimate of drug-likeness (QED) is 0.800. The van der Waals surface area contributed by atoms with Crippen LogP contribution in [0.15, 0.2) is 45.8 Å². The highest BCUT2D eigenvalue weighted by Gasteiger charge is 2.35. The molecule has 0 atom stereocenters. The van der Waals surface area contributed by atoms with Gasteiger partial charge < -0.3 is 0 Å². The standard InChI is InChI=1S/C15H10BrF3N2O2S/c1-9-2-4-11(5-3-9)24(22,23)21-14-7-12(15(17,18)19)10(8-20)6-13(14)16/h2-7,21H,1H3. The molecule has 0 radical (unpaired) electrons. The summed E-state index contributed by atoms with van der Waals surface area (Å²) in [6, 6.07) is 8.80. The number of hydrogen-bond acceptors (Lipinski definition) is 3. The Balaban J connectivity index is 2.50. The predicted molar refractivity (Wildman–Crippen MR) is 85.8 cm³/mol. The van der Waals surface area contributed by atoms with Crippen LogP contribution in [0.5, 0.6) is 0 Å². The Kier molecular flexibility index (Phi) is 4.92. The Morgan fingerprint density at radius 2 is 1.75 bits per heavy atom. The number of nitrogens with zero attached hydrogens (tertiary/aromatic N) is 1. The Bertz CT molecular complexity index is 917. The summed E-state index contributed by atoms with van der Waals surface area (Å²) in [5, 5.41) is 8.82. The van der Waals surface area contributed by atoms with Crippen molar-refractivity contribution in [2.75, 3.05) is 4.72 Å². The molecule has 0 amide bonds. The minimum absolute atomic E-state index is 0.0303. The molecular weight excluding hydrogens is 409 g/mol. The van der Waals surface area contributed by atoms with Gasteiger partial charge in [0.15, 0.2) is 0 Å². The molecule has 4 nitrogen and oxygen atoms in total. The largest absolute Gasteiger partial charge is 0.417 e. The number of rotatable bonds is 3. The van der Waals surface area contributed by atoms with E-state index in [-0.39, 0.29) is 15.1 Å². The summed E-state index contributed by atoms with van der Waals surface area (Å²) in [7, 11) is -4.06. The van der Waals surface area contributed by atoms with Gasteiger partial charge in [0.2, 0.25) is 0 Å². The van der Waals surface area contributed by atoms with E-state index in [2.05, 4.69) is 20.7 Å². The van der Waals surface area contributed by atoms with Crippen molar-refractivity contribution in [1.82, 2.24) is 0 Å². The molecule has 0 aliphatic carbocycles. The minimum atomic E-state index is -4.78. The van der Waals surface area contributed by atoms with Crippen LogP contribution in [0, 0.1) is 18.3 Å². The van der Waals surface area contributed by atoms with Gasteiger partial charge in [0.25, 0.3) is 10.0 Å². The van der Waals surface area contributed by atoms with Crippen LogP contribution in [-0.4, -0.2) is 8.42 Å². The van der Waals surface area contributed by atoms with Crippen LogP contribution in [0.3, 0.4) is 0 Å². The first-order valence-corrected chi connectivity index (χ1v) is 8.72. The lowest BCUT2D eigenvalue weighted by molar-refractivity contribution is -0.137. The molecule has 24 heavy (non-hydrogen) atoms. The van der Waals surface area contributed by atoms with Gasteiger partial charge in [-0.15, -0.1) is 0 Å². The number of nitriles is 1. The van der Waals surface area contributed by atoms with Gasteiger partial charge in [0.1, 0.15) is 0 Å². The second-order valence-corrected chi connectivity index (χ2v) is 7.44. The van der Waals surface area contributed by atoms with Crippen molar-refractivity contribution in [2.24, 2.45) is 0 Å². The van der Waals surface area contributed by atoms with E-state index < -0.39 is 27.3 Å². The molecule has 0 fully saturated rings. The number of sulfonamides is 1. The maximum atomic E-state index is 13.0. The Morgan fingerprint density at radius 1 is 1.17 bits per heavy atom. The lowest BCUT2D eigenvalue weighted by Gasteiger charge is -2.14. The van der Waals surface area contributed by atoms with E-state index in [1.807, 2.05) is 0 Å². The second kappa shape index (κ2) is 6.45. The lowest BCUT2D eigenvalue weighted by Crippen LogP contribution is -2.15. The summed E-state index contributed by atoms with van der Waals surface area (Å²) in [6.45, 7) is 1.77. The zero-order valence-corrected chi connectivity index (χ0v) is 14.6. The third-order valence-corrected chi connectivity index (χ3v) is 5.15. The Hall–Kier alpha value is -2.05. The molecule has 2 rings (SSSR count). The average Bonchev–Trinajstić information content (AvgIpc) is 2.48. The van der Waals surface area contributed by atoms with Crippen molar-refractivity contribution in [1.29, 1.82) is 5.26 Å². The smallest absolute Gasteiger partial charge is 0.278 e. The topological polar surface area (TPSA) is 70.0 Å². The fourth-order valence-electron chi connectivity index (χ4n) is 1.90. The summed E-state index contributed by atoms with van der Waals surface area (Å²) >= 11 is 2.98. The number of nitrogens with one attached hydrogen (secondary N) is 1. The summed E-state index contributed by atoms with van der Waals surface area (Å²) in [6.07, 6.45) is -4.78. The van der Waals surface area contributed by atoms with E-state index in [4.69, 9.17) is 5.26 Å². The first kappa shape index (κ1) is 18.3. The maximum Gasteiger partial charge on any atom is 0.417 e. The van der Waals surface area contributed by atoms with E-state index in [9.17, 15) is 21.6 Å². The fraction of sp³-hybridized carbons (Fsp3) is 0.133. The van der Waals surface area contributed by atoms with Crippen molar-refractivity contribution in [2.45, 2.75) is 18.0 Å². The van der Waals surface area contributed by atoms with Crippen LogP contribution in [0.1, 0.15) is 16.7 Å². The molecule has 0 bridgehead atoms. The Morgan fingerprint density at radius 3 is 2.25 bits per heavy atom. The highest BCUT2D eigenvalue weighted by molar-refractivity contribution is 9.10. The molecule has 0 unspecified atom stereocenters. The predicted octanol–water partition coefficient (Wildman–Crippen LogP) is 4.45.